The summed E-state index contributed by atoms with van der Waals surface area (Å²) in [7, 11) is 3.86. The van der Waals surface area contributed by atoms with Gasteiger partial charge in [0.05, 0.1) is 20.6 Å². The number of carbonyl (C=O) groups is 1. The summed E-state index contributed by atoms with van der Waals surface area (Å²) < 4.78 is 0.469. The van der Waals surface area contributed by atoms with Crippen molar-refractivity contribution in [1.29, 1.82) is 0 Å². The fourth-order valence-electron chi connectivity index (χ4n) is 1.39. The Hall–Kier alpha value is -0.410. The molecule has 0 rings (SSSR count). The average molecular weight is 202 g/mol. The first-order valence-corrected chi connectivity index (χ1v) is 5.52. The smallest absolute Gasteiger partial charge is 0.301 e. The Morgan fingerprint density at radius 1 is 1.00 bits per heavy atom. The molecule has 0 aromatic carbocycles. The monoisotopic (exact) mass is 202 g/mol. The molecule has 0 fully saturated rings. The van der Waals surface area contributed by atoms with Crippen molar-refractivity contribution < 1.29 is 14.4 Å². The number of amides is 1. The summed E-state index contributed by atoms with van der Waals surface area (Å²) in [6, 6.07) is 0. The molecule has 3 nitrogen and oxygen atoms in total. The Morgan fingerprint density at radius 2 is 1.50 bits per heavy atom. The molecule has 1 amide bonds. The van der Waals surface area contributed by atoms with Crippen LogP contribution in [0.4, 0.5) is 0 Å². The molecule has 0 aromatic heterocycles. The van der Waals surface area contributed by atoms with Gasteiger partial charge in [0.1, 0.15) is 0 Å². The van der Waals surface area contributed by atoms with Gasteiger partial charge in [0.15, 0.2) is 0 Å². The second kappa shape index (κ2) is 7.94. The van der Waals surface area contributed by atoms with Crippen molar-refractivity contribution in [2.75, 3.05) is 27.2 Å². The largest absolute Gasteiger partial charge is 0.396 e. The van der Waals surface area contributed by atoms with Gasteiger partial charge in [-0.2, -0.15) is 0 Å². The second-order valence-electron chi connectivity index (χ2n) is 4.45. The van der Waals surface area contributed by atoms with Gasteiger partial charge in [-0.25, -0.2) is 4.79 Å². The highest BCUT2D eigenvalue weighted by atomic mass is 16.2. The molecule has 0 aliphatic rings. The first kappa shape index (κ1) is 13.6. The van der Waals surface area contributed by atoms with Crippen LogP contribution in [-0.2, 0) is 4.79 Å². The Bertz CT molecular complexity index is 146. The van der Waals surface area contributed by atoms with E-state index in [1.54, 1.807) is 0 Å². The van der Waals surface area contributed by atoms with Gasteiger partial charge in [-0.1, -0.05) is 19.3 Å². The Balaban J connectivity index is 3.17. The maximum atomic E-state index is 10.6. The van der Waals surface area contributed by atoms with Gasteiger partial charge in [0.2, 0.25) is 0 Å². The van der Waals surface area contributed by atoms with Crippen molar-refractivity contribution in [2.45, 2.75) is 38.5 Å². The first-order chi connectivity index (χ1) is 6.62. The van der Waals surface area contributed by atoms with Crippen molar-refractivity contribution in [2.24, 2.45) is 0 Å². The molecule has 0 aromatic rings. The molecule has 84 valence electrons. The zero-order chi connectivity index (χ0) is 10.9. The van der Waals surface area contributed by atoms with Gasteiger partial charge >= 0.3 is 6.41 Å². The second-order valence-corrected chi connectivity index (χ2v) is 4.45. The van der Waals surface area contributed by atoms with Crippen molar-refractivity contribution in [3.05, 3.63) is 0 Å². The third-order valence-electron chi connectivity index (χ3n) is 2.43. The van der Waals surface area contributed by atoms with E-state index in [2.05, 4.69) is 0 Å². The Labute approximate surface area is 87.3 Å². The zero-order valence-corrected chi connectivity index (χ0v) is 9.54. The Kier molecular flexibility index (Phi) is 7.71. The zero-order valence-electron chi connectivity index (χ0n) is 9.54. The molecule has 14 heavy (non-hydrogen) atoms. The van der Waals surface area contributed by atoms with E-state index in [9.17, 15) is 4.79 Å². The molecule has 0 saturated heterocycles. The number of hydrogen-bond acceptors (Lipinski definition) is 2. The van der Waals surface area contributed by atoms with Crippen molar-refractivity contribution in [1.82, 2.24) is 0 Å². The molecule has 0 spiro atoms. The van der Waals surface area contributed by atoms with E-state index in [-0.39, 0.29) is 0 Å². The minimum atomic E-state index is 0.315. The number of hydrogen-bond donors (Lipinski definition) is 1. The first-order valence-electron chi connectivity index (χ1n) is 5.52. The minimum absolute atomic E-state index is 0.315. The van der Waals surface area contributed by atoms with E-state index in [1.807, 2.05) is 14.1 Å². The van der Waals surface area contributed by atoms with Crippen LogP contribution in [0, 0.1) is 0 Å². The van der Waals surface area contributed by atoms with Crippen LogP contribution in [0.2, 0.25) is 0 Å². The SMILES string of the molecule is C[N+](C)(C=O)CCCCCCCCO. The predicted molar refractivity (Wildman–Crippen MR) is 57.8 cm³/mol. The molecule has 0 unspecified atom stereocenters. The number of nitrogens with zero attached hydrogens (tertiary/aromatic N) is 1. The normalized spacial score (nSPS) is 11.6. The van der Waals surface area contributed by atoms with E-state index >= 15 is 0 Å². The maximum Gasteiger partial charge on any atom is 0.301 e. The molecule has 0 bridgehead atoms. The number of rotatable bonds is 9. The lowest BCUT2D eigenvalue weighted by Gasteiger charge is -2.20. The predicted octanol–water partition coefficient (Wildman–Crippen LogP) is 1.55. The van der Waals surface area contributed by atoms with E-state index in [0.29, 0.717) is 11.1 Å². The lowest BCUT2D eigenvalue weighted by atomic mass is 10.1. The molecule has 3 heteroatoms. The highest BCUT2D eigenvalue weighted by Gasteiger charge is 2.11. The summed E-state index contributed by atoms with van der Waals surface area (Å²) in [6.45, 7) is 1.25. The van der Waals surface area contributed by atoms with Gasteiger partial charge in [-0.15, -0.1) is 0 Å². The van der Waals surface area contributed by atoms with Gasteiger partial charge < -0.3 is 5.11 Å². The minimum Gasteiger partial charge on any atom is -0.396 e. The van der Waals surface area contributed by atoms with Crippen LogP contribution in [0.25, 0.3) is 0 Å². The van der Waals surface area contributed by atoms with Crippen LogP contribution in [0.15, 0.2) is 0 Å². The number of carbonyl (C=O) groups excluding carboxylic acids is 1. The van der Waals surface area contributed by atoms with Gasteiger partial charge in [0, 0.05) is 6.61 Å². The number of aliphatic hydroxyl groups is 1. The molecular weight excluding hydrogens is 178 g/mol. The molecule has 0 heterocycles. The summed E-state index contributed by atoms with van der Waals surface area (Å²) in [4.78, 5) is 10.6. The third kappa shape index (κ3) is 8.20. The lowest BCUT2D eigenvalue weighted by molar-refractivity contribution is -0.804. The molecule has 0 radical (unpaired) electrons. The topological polar surface area (TPSA) is 37.3 Å². The molecule has 0 atom stereocenters. The maximum absolute atomic E-state index is 10.6. The highest BCUT2D eigenvalue weighted by molar-refractivity contribution is 5.36. The quantitative estimate of drug-likeness (QED) is 0.350. The number of aliphatic hydroxyl groups excluding tert-OH is 1. The van der Waals surface area contributed by atoms with Gasteiger partial charge in [0.25, 0.3) is 0 Å². The van der Waals surface area contributed by atoms with Crippen molar-refractivity contribution >= 4 is 6.41 Å². The van der Waals surface area contributed by atoms with E-state index < -0.39 is 0 Å². The summed E-state index contributed by atoms with van der Waals surface area (Å²) in [5, 5.41) is 8.57. The number of quaternary nitrogens is 1. The number of unbranched alkanes of at least 4 members (excludes halogenated alkanes) is 5. The lowest BCUT2D eigenvalue weighted by Crippen LogP contribution is -2.38. The van der Waals surface area contributed by atoms with Gasteiger partial charge in [-0.3, -0.25) is 4.48 Å². The fraction of sp³-hybridized carbons (Fsp3) is 0.909. The molecule has 1 N–H and O–H groups in total. The molecule has 0 aliphatic heterocycles. The molecule has 0 aliphatic carbocycles. The standard InChI is InChI=1S/C11H24NO2/c1-12(2,11-14)9-7-5-3-4-6-8-10-13/h11,13H,3-10H2,1-2H3/q+1. The Morgan fingerprint density at radius 3 is 2.00 bits per heavy atom. The molecule has 0 saturated carbocycles. The van der Waals surface area contributed by atoms with Crippen LogP contribution in [-0.4, -0.2) is 43.2 Å². The summed E-state index contributed by atoms with van der Waals surface area (Å²) in [6.07, 6.45) is 7.78. The van der Waals surface area contributed by atoms with E-state index in [1.165, 1.54) is 19.3 Å². The molecular formula is C11H24NO2+. The van der Waals surface area contributed by atoms with Gasteiger partial charge in [-0.05, 0) is 19.3 Å². The van der Waals surface area contributed by atoms with Crippen LogP contribution >= 0.6 is 0 Å². The van der Waals surface area contributed by atoms with Crippen LogP contribution < -0.4 is 0 Å². The van der Waals surface area contributed by atoms with Crippen molar-refractivity contribution in [3.8, 4) is 0 Å². The summed E-state index contributed by atoms with van der Waals surface area (Å²) >= 11 is 0. The highest BCUT2D eigenvalue weighted by Crippen LogP contribution is 2.06. The van der Waals surface area contributed by atoms with E-state index in [4.69, 9.17) is 5.11 Å². The fourth-order valence-corrected chi connectivity index (χ4v) is 1.39. The summed E-state index contributed by atoms with van der Waals surface area (Å²) in [5.74, 6) is 0. The van der Waals surface area contributed by atoms with Crippen LogP contribution in [0.3, 0.4) is 0 Å². The summed E-state index contributed by atoms with van der Waals surface area (Å²) in [5.41, 5.74) is 0. The van der Waals surface area contributed by atoms with Crippen molar-refractivity contribution in [3.63, 3.8) is 0 Å². The van der Waals surface area contributed by atoms with Crippen LogP contribution in [0.5, 0.6) is 0 Å². The third-order valence-corrected chi connectivity index (χ3v) is 2.43. The van der Waals surface area contributed by atoms with E-state index in [0.717, 1.165) is 32.2 Å². The van der Waals surface area contributed by atoms with Crippen LogP contribution in [0.1, 0.15) is 38.5 Å². The average Bonchev–Trinajstić information content (AvgIpc) is 2.16.